The van der Waals surface area contributed by atoms with Gasteiger partial charge in [0, 0.05) is 0 Å². The van der Waals surface area contributed by atoms with Gasteiger partial charge in [-0.25, -0.2) is 0 Å². The van der Waals surface area contributed by atoms with Crippen LogP contribution in [0.15, 0.2) is 11.8 Å². The molecule has 8 heavy (non-hydrogen) atoms. The van der Waals surface area contributed by atoms with Crippen LogP contribution in [-0.2, 0) is 0 Å². The van der Waals surface area contributed by atoms with E-state index < -0.39 is 13.9 Å². The average Bonchev–Trinajstić information content (AvgIpc) is 2.12. The van der Waals surface area contributed by atoms with Crippen molar-refractivity contribution in [2.24, 2.45) is 0 Å². The average molecular weight is 142 g/mol. The third kappa shape index (κ3) is 1.02. The molecule has 1 aliphatic heterocycles. The van der Waals surface area contributed by atoms with Gasteiger partial charge in [-0.2, -0.15) is 0 Å². The Kier molecular flexibility index (Phi) is 1.54. The Bertz CT molecular complexity index is 149. The smallest absolute Gasteiger partial charge is 0.270 e. The zero-order valence-electron chi connectivity index (χ0n) is 4.24. The topological polar surface area (TPSA) is 37.3 Å². The number of hydrogen-bond donors (Lipinski definition) is 1. The molecular weight excluding hydrogens is 136 g/mol. The molecule has 0 radical (unpaired) electrons. The van der Waals surface area contributed by atoms with Crippen molar-refractivity contribution < 1.29 is 9.90 Å². The standard InChI is InChI=1S/C4H6O2Si2/c5-4(6)8-3-1-2-7-8/h1-3,7-8H,(H,5,6). The van der Waals surface area contributed by atoms with E-state index in [4.69, 9.17) is 5.11 Å². The van der Waals surface area contributed by atoms with Gasteiger partial charge in [-0.15, -0.1) is 0 Å². The third-order valence-corrected chi connectivity index (χ3v) is 6.53. The molecule has 2 nitrogen and oxygen atoms in total. The predicted octanol–water partition coefficient (Wildman–Crippen LogP) is -0.682. The minimum Gasteiger partial charge on any atom is -0.486 e. The van der Waals surface area contributed by atoms with E-state index in [0.717, 1.165) is 0 Å². The fourth-order valence-electron chi connectivity index (χ4n) is 0.596. The summed E-state index contributed by atoms with van der Waals surface area (Å²) in [6.07, 6.45) is 1.89. The molecule has 0 fully saturated rings. The highest BCUT2D eigenvalue weighted by Gasteiger charge is 2.13. The lowest BCUT2D eigenvalue weighted by atomic mass is 10.8. The Morgan fingerprint density at radius 2 is 2.50 bits per heavy atom. The van der Waals surface area contributed by atoms with Crippen molar-refractivity contribution in [1.82, 2.24) is 0 Å². The molecule has 0 aromatic rings. The molecule has 0 aromatic heterocycles. The first-order valence-corrected chi connectivity index (χ1v) is 6.96. The van der Waals surface area contributed by atoms with E-state index in [1.165, 1.54) is 0 Å². The van der Waals surface area contributed by atoms with Crippen molar-refractivity contribution in [1.29, 1.82) is 0 Å². The summed E-state index contributed by atoms with van der Waals surface area (Å²) in [5.74, 6) is 0. The van der Waals surface area contributed by atoms with Gasteiger partial charge >= 0.3 is 0 Å². The molecule has 0 aliphatic carbocycles. The van der Waals surface area contributed by atoms with Gasteiger partial charge in [0.15, 0.2) is 8.31 Å². The fraction of sp³-hybridized carbons (Fsp3) is 0. The minimum absolute atomic E-state index is 0.148. The van der Waals surface area contributed by atoms with Gasteiger partial charge in [0.25, 0.3) is 5.59 Å². The molecule has 1 unspecified atom stereocenters. The molecule has 0 amide bonds. The molecule has 1 rings (SSSR count). The number of rotatable bonds is 1. The van der Waals surface area contributed by atoms with E-state index in [1.807, 2.05) is 17.4 Å². The van der Waals surface area contributed by atoms with E-state index in [9.17, 15) is 4.79 Å². The number of allylic oxidation sites excluding steroid dienone is 1. The molecule has 0 aromatic carbocycles. The molecule has 42 valence electrons. The highest BCUT2D eigenvalue weighted by atomic mass is 29.2. The number of carboxylic acid groups (broad SMARTS) is 1. The monoisotopic (exact) mass is 142 g/mol. The van der Waals surface area contributed by atoms with Crippen molar-refractivity contribution in [2.45, 2.75) is 0 Å². The van der Waals surface area contributed by atoms with Crippen LogP contribution in [0.1, 0.15) is 0 Å². The van der Waals surface area contributed by atoms with Gasteiger partial charge in [0.05, 0.1) is 0 Å². The Balaban J connectivity index is 2.62. The van der Waals surface area contributed by atoms with Crippen molar-refractivity contribution in [3.63, 3.8) is 0 Å². The van der Waals surface area contributed by atoms with Crippen LogP contribution < -0.4 is 0 Å². The molecule has 0 saturated heterocycles. The molecule has 0 bridgehead atoms. The molecule has 1 N–H and O–H groups in total. The lowest BCUT2D eigenvalue weighted by Crippen LogP contribution is -2.23. The van der Waals surface area contributed by atoms with Crippen LogP contribution in [0.5, 0.6) is 0 Å². The predicted molar refractivity (Wildman–Crippen MR) is 37.5 cm³/mol. The zero-order valence-corrected chi connectivity index (χ0v) is 6.55. The maximum absolute atomic E-state index is 10.2. The lowest BCUT2D eigenvalue weighted by molar-refractivity contribution is 0.219. The summed E-state index contributed by atoms with van der Waals surface area (Å²) in [6.45, 7) is 0. The Hall–Kier alpha value is -0.486. The quantitative estimate of drug-likeness (QED) is 0.492. The largest absolute Gasteiger partial charge is 0.486 e. The summed E-state index contributed by atoms with van der Waals surface area (Å²) >= 11 is 0. The number of carbonyl (C=O) groups is 1. The second-order valence-electron chi connectivity index (χ2n) is 1.63. The second-order valence-corrected chi connectivity index (χ2v) is 7.64. The Labute approximate surface area is 50.7 Å². The molecule has 1 heterocycles. The SMILES string of the molecule is O=C(O)[SiH]1C=CC=[SiH]1. The van der Waals surface area contributed by atoms with E-state index in [2.05, 4.69) is 0 Å². The van der Waals surface area contributed by atoms with Gasteiger partial charge in [-0.1, -0.05) is 17.4 Å². The summed E-state index contributed by atoms with van der Waals surface area (Å²) in [4.78, 5) is 10.2. The maximum atomic E-state index is 10.2. The normalized spacial score (nSPS) is 24.2. The zero-order chi connectivity index (χ0) is 5.98. The summed E-state index contributed by atoms with van der Waals surface area (Å²) in [5.41, 5.74) is 3.33. The van der Waals surface area contributed by atoms with Crippen LogP contribution in [0.25, 0.3) is 0 Å². The summed E-state index contributed by atoms with van der Waals surface area (Å²) in [6, 6.07) is 0. The number of hydrogen-bond acceptors (Lipinski definition) is 1. The molecule has 1 atom stereocenters. The van der Waals surface area contributed by atoms with Crippen LogP contribution in [0.2, 0.25) is 0 Å². The van der Waals surface area contributed by atoms with E-state index in [-0.39, 0.29) is 8.65 Å². The van der Waals surface area contributed by atoms with E-state index in [1.54, 1.807) is 0 Å². The molecule has 4 heteroatoms. The van der Waals surface area contributed by atoms with Crippen LogP contribution in [0.3, 0.4) is 0 Å². The van der Waals surface area contributed by atoms with Crippen LogP contribution in [-0.4, -0.2) is 33.3 Å². The van der Waals surface area contributed by atoms with Crippen molar-refractivity contribution in [3.05, 3.63) is 11.8 Å². The molecule has 0 saturated carbocycles. The summed E-state index contributed by atoms with van der Waals surface area (Å²) < 4.78 is 0. The molecule has 0 spiro atoms. The van der Waals surface area contributed by atoms with Gasteiger partial charge in [-0.3, -0.25) is 4.79 Å². The third-order valence-electron chi connectivity index (χ3n) is 1.03. The van der Waals surface area contributed by atoms with Gasteiger partial charge in [0.1, 0.15) is 0 Å². The van der Waals surface area contributed by atoms with E-state index in [0.29, 0.717) is 0 Å². The Morgan fingerprint density at radius 3 is 2.75 bits per heavy atom. The summed E-state index contributed by atoms with van der Waals surface area (Å²) in [5, 5.41) is 8.42. The highest BCUT2D eigenvalue weighted by Crippen LogP contribution is 1.86. The maximum Gasteiger partial charge on any atom is 0.270 e. The molecular formula is C4H6O2Si2. The van der Waals surface area contributed by atoms with Crippen molar-refractivity contribution >= 4 is 28.2 Å². The molecule has 1 aliphatic rings. The van der Waals surface area contributed by atoms with Gasteiger partial charge < -0.3 is 5.11 Å². The van der Waals surface area contributed by atoms with Crippen LogP contribution in [0.4, 0.5) is 4.79 Å². The van der Waals surface area contributed by atoms with E-state index >= 15 is 0 Å². The Morgan fingerprint density at radius 1 is 1.75 bits per heavy atom. The fourth-order valence-corrected chi connectivity index (χ4v) is 4.54. The first-order valence-electron chi connectivity index (χ1n) is 2.38. The minimum atomic E-state index is -1.39. The first kappa shape index (κ1) is 5.65. The first-order chi connectivity index (χ1) is 3.80. The van der Waals surface area contributed by atoms with Crippen molar-refractivity contribution in [3.8, 4) is 0 Å². The van der Waals surface area contributed by atoms with Crippen LogP contribution >= 0.6 is 0 Å². The lowest BCUT2D eigenvalue weighted by Gasteiger charge is -1.89. The van der Waals surface area contributed by atoms with Crippen molar-refractivity contribution in [2.75, 3.05) is 0 Å². The second kappa shape index (κ2) is 2.19. The van der Waals surface area contributed by atoms with Gasteiger partial charge in [-0.05, 0) is 8.65 Å². The van der Waals surface area contributed by atoms with Crippen LogP contribution in [0, 0.1) is 0 Å². The van der Waals surface area contributed by atoms with Gasteiger partial charge in [0.2, 0.25) is 0 Å². The summed E-state index contributed by atoms with van der Waals surface area (Å²) in [7, 11) is -1.24. The highest BCUT2D eigenvalue weighted by molar-refractivity contribution is 7.31.